The highest BCUT2D eigenvalue weighted by atomic mass is 16.5. The van der Waals surface area contributed by atoms with Crippen molar-refractivity contribution in [2.45, 2.75) is 46.1 Å². The molecule has 1 heterocycles. The average Bonchev–Trinajstić information content (AvgIpc) is 2.95. The topological polar surface area (TPSA) is 102 Å². The van der Waals surface area contributed by atoms with Crippen LogP contribution in [0.4, 0.5) is 5.69 Å². The fourth-order valence-electron chi connectivity index (χ4n) is 3.08. The highest BCUT2D eigenvalue weighted by Crippen LogP contribution is 2.41. The number of hydrogen-bond donors (Lipinski definition) is 2. The van der Waals surface area contributed by atoms with E-state index >= 15 is 0 Å². The Morgan fingerprint density at radius 2 is 2.00 bits per heavy atom. The molecule has 0 bridgehead atoms. The zero-order valence-electron chi connectivity index (χ0n) is 15.2. The summed E-state index contributed by atoms with van der Waals surface area (Å²) in [4.78, 5) is 34.4. The summed E-state index contributed by atoms with van der Waals surface area (Å²) in [6, 6.07) is 0. The minimum absolute atomic E-state index is 0.0841. The molecular weight excluding hydrogens is 338 g/mol. The molecule has 1 aromatic carbocycles. The monoisotopic (exact) mass is 361 g/mol. The van der Waals surface area contributed by atoms with Crippen molar-refractivity contribution in [1.29, 1.82) is 0 Å². The summed E-state index contributed by atoms with van der Waals surface area (Å²) in [6.07, 6.45) is 5.40. The van der Waals surface area contributed by atoms with Gasteiger partial charge in [0, 0.05) is 24.5 Å². The first-order valence-electron chi connectivity index (χ1n) is 8.40. The van der Waals surface area contributed by atoms with E-state index in [9.17, 15) is 14.4 Å². The predicted octanol–water partition coefficient (Wildman–Crippen LogP) is 2.99. The Kier molecular flexibility index (Phi) is 6.38. The van der Waals surface area contributed by atoms with E-state index in [1.54, 1.807) is 7.11 Å². The van der Waals surface area contributed by atoms with E-state index in [-0.39, 0.29) is 18.9 Å². The van der Waals surface area contributed by atoms with Crippen LogP contribution in [-0.2, 0) is 27.4 Å². The van der Waals surface area contributed by atoms with Crippen LogP contribution in [-0.4, -0.2) is 30.1 Å². The lowest BCUT2D eigenvalue weighted by molar-refractivity contribution is -0.136. The van der Waals surface area contributed by atoms with Crippen molar-refractivity contribution in [2.24, 2.45) is 0 Å². The molecule has 0 saturated carbocycles. The SMILES string of the molecule is COc1c(C)c2c(c(NC(C)=O)c1CC/C=C/CCC(=O)O)C(=O)OC2. The number of anilines is 1. The molecule has 0 fully saturated rings. The van der Waals surface area contributed by atoms with Crippen LogP contribution in [0.2, 0.25) is 0 Å². The maximum atomic E-state index is 12.2. The molecule has 0 saturated heterocycles. The molecular formula is C19H23NO6. The molecule has 0 radical (unpaired) electrons. The predicted molar refractivity (Wildman–Crippen MR) is 95.5 cm³/mol. The van der Waals surface area contributed by atoms with Gasteiger partial charge in [-0.3, -0.25) is 9.59 Å². The van der Waals surface area contributed by atoms with Gasteiger partial charge in [0.25, 0.3) is 0 Å². The van der Waals surface area contributed by atoms with Crippen LogP contribution in [0, 0.1) is 6.92 Å². The fraction of sp³-hybridized carbons (Fsp3) is 0.421. The summed E-state index contributed by atoms with van der Waals surface area (Å²) in [5.74, 6) is -0.939. The van der Waals surface area contributed by atoms with E-state index < -0.39 is 11.9 Å². The summed E-state index contributed by atoms with van der Waals surface area (Å²) >= 11 is 0. The Bertz CT molecular complexity index is 766. The molecule has 7 nitrogen and oxygen atoms in total. The summed E-state index contributed by atoms with van der Waals surface area (Å²) in [6.45, 7) is 3.41. The first kappa shape index (κ1) is 19.5. The van der Waals surface area contributed by atoms with Crippen LogP contribution in [0.3, 0.4) is 0 Å². The standard InChI is InChI=1S/C19H23NO6/c1-11-14-10-26-19(24)16(14)17(20-12(2)21)13(18(11)25-3)8-6-4-5-7-9-15(22)23/h4-5H,6-10H2,1-3H3,(H,20,21)(H,22,23)/b5-4+. The van der Waals surface area contributed by atoms with Gasteiger partial charge in [-0.2, -0.15) is 0 Å². The second-order valence-electron chi connectivity index (χ2n) is 6.07. The van der Waals surface area contributed by atoms with Crippen molar-refractivity contribution in [3.8, 4) is 5.75 Å². The number of aliphatic carboxylic acids is 1. The van der Waals surface area contributed by atoms with Gasteiger partial charge in [-0.05, 0) is 31.7 Å². The number of carboxylic acid groups (broad SMARTS) is 1. The Labute approximate surface area is 152 Å². The maximum absolute atomic E-state index is 12.2. The molecule has 140 valence electrons. The number of fused-ring (bicyclic) bond motifs is 1. The first-order chi connectivity index (χ1) is 12.4. The van der Waals surface area contributed by atoms with E-state index in [0.29, 0.717) is 36.3 Å². The molecule has 1 aromatic rings. The van der Waals surface area contributed by atoms with Crippen LogP contribution in [0.25, 0.3) is 0 Å². The molecule has 26 heavy (non-hydrogen) atoms. The zero-order chi connectivity index (χ0) is 19.3. The van der Waals surface area contributed by atoms with E-state index in [1.807, 2.05) is 19.1 Å². The van der Waals surface area contributed by atoms with Crippen molar-refractivity contribution in [1.82, 2.24) is 0 Å². The second-order valence-corrected chi connectivity index (χ2v) is 6.07. The number of amides is 1. The average molecular weight is 361 g/mol. The molecule has 0 unspecified atom stereocenters. The van der Waals surface area contributed by atoms with Gasteiger partial charge in [0.2, 0.25) is 5.91 Å². The Hall–Kier alpha value is -2.83. The third kappa shape index (κ3) is 4.22. The van der Waals surface area contributed by atoms with Gasteiger partial charge in [-0.25, -0.2) is 4.79 Å². The number of carbonyl (C=O) groups is 3. The number of cyclic esters (lactones) is 1. The molecule has 1 aliphatic rings. The molecule has 0 spiro atoms. The third-order valence-electron chi connectivity index (χ3n) is 4.23. The van der Waals surface area contributed by atoms with Crippen LogP contribution < -0.4 is 10.1 Å². The lowest BCUT2D eigenvalue weighted by atomic mass is 9.93. The van der Waals surface area contributed by atoms with Gasteiger partial charge in [0.1, 0.15) is 12.4 Å². The van der Waals surface area contributed by atoms with Gasteiger partial charge in [-0.15, -0.1) is 0 Å². The van der Waals surface area contributed by atoms with Crippen LogP contribution in [0.15, 0.2) is 12.2 Å². The van der Waals surface area contributed by atoms with E-state index in [1.165, 1.54) is 6.92 Å². The van der Waals surface area contributed by atoms with E-state index in [0.717, 1.165) is 16.7 Å². The fourth-order valence-corrected chi connectivity index (χ4v) is 3.08. The summed E-state index contributed by atoms with van der Waals surface area (Å²) in [5, 5.41) is 11.4. The van der Waals surface area contributed by atoms with Crippen LogP contribution in [0.5, 0.6) is 5.75 Å². The van der Waals surface area contributed by atoms with Gasteiger partial charge in [0.05, 0.1) is 18.4 Å². The Balaban J connectivity index is 2.35. The number of carboxylic acids is 1. The highest BCUT2D eigenvalue weighted by molar-refractivity contribution is 6.05. The van der Waals surface area contributed by atoms with Crippen molar-refractivity contribution in [2.75, 3.05) is 12.4 Å². The van der Waals surface area contributed by atoms with Gasteiger partial charge in [0.15, 0.2) is 0 Å². The van der Waals surface area contributed by atoms with Crippen LogP contribution >= 0.6 is 0 Å². The molecule has 2 N–H and O–H groups in total. The van der Waals surface area contributed by atoms with Crippen LogP contribution in [0.1, 0.15) is 53.2 Å². The smallest absolute Gasteiger partial charge is 0.341 e. The number of rotatable bonds is 8. The molecule has 0 aliphatic carbocycles. The molecule has 1 aliphatic heterocycles. The number of allylic oxidation sites excluding steroid dienone is 2. The van der Waals surface area contributed by atoms with Crippen molar-refractivity contribution < 1.29 is 29.0 Å². The van der Waals surface area contributed by atoms with Crippen molar-refractivity contribution >= 4 is 23.5 Å². The van der Waals surface area contributed by atoms with Gasteiger partial charge in [-0.1, -0.05) is 12.2 Å². The number of esters is 1. The quantitative estimate of drug-likeness (QED) is 0.545. The summed E-state index contributed by atoms with van der Waals surface area (Å²) < 4.78 is 10.7. The Morgan fingerprint density at radius 3 is 2.62 bits per heavy atom. The highest BCUT2D eigenvalue weighted by Gasteiger charge is 2.32. The summed E-state index contributed by atoms with van der Waals surface area (Å²) in [5.41, 5.74) is 3.13. The molecule has 0 atom stereocenters. The minimum atomic E-state index is -0.836. The number of benzene rings is 1. The Morgan fingerprint density at radius 1 is 1.31 bits per heavy atom. The third-order valence-corrected chi connectivity index (χ3v) is 4.23. The van der Waals surface area contributed by atoms with E-state index in [4.69, 9.17) is 14.6 Å². The maximum Gasteiger partial charge on any atom is 0.341 e. The number of carbonyl (C=O) groups excluding carboxylic acids is 2. The molecule has 2 rings (SSSR count). The number of ether oxygens (including phenoxy) is 2. The lowest BCUT2D eigenvalue weighted by Crippen LogP contribution is -2.14. The van der Waals surface area contributed by atoms with Crippen molar-refractivity contribution in [3.63, 3.8) is 0 Å². The molecule has 7 heteroatoms. The van der Waals surface area contributed by atoms with Gasteiger partial charge < -0.3 is 19.9 Å². The normalized spacial score (nSPS) is 12.8. The number of hydrogen-bond acceptors (Lipinski definition) is 5. The number of methoxy groups -OCH3 is 1. The van der Waals surface area contributed by atoms with Gasteiger partial charge >= 0.3 is 11.9 Å². The van der Waals surface area contributed by atoms with E-state index in [2.05, 4.69) is 5.32 Å². The number of nitrogens with one attached hydrogen (secondary N) is 1. The minimum Gasteiger partial charge on any atom is -0.496 e. The first-order valence-corrected chi connectivity index (χ1v) is 8.40. The zero-order valence-corrected chi connectivity index (χ0v) is 15.2. The molecule has 0 aromatic heterocycles. The largest absolute Gasteiger partial charge is 0.496 e. The summed E-state index contributed by atoms with van der Waals surface area (Å²) in [7, 11) is 1.55. The lowest BCUT2D eigenvalue weighted by Gasteiger charge is -2.19. The van der Waals surface area contributed by atoms with Crippen molar-refractivity contribution in [3.05, 3.63) is 34.4 Å². The second kappa shape index (κ2) is 8.51. The molecule has 1 amide bonds.